The minimum absolute atomic E-state index is 0.0113. The number of benzene rings is 1. The normalized spacial score (nSPS) is 23.1. The van der Waals surface area contributed by atoms with Gasteiger partial charge in [0, 0.05) is 15.8 Å². The molecule has 0 spiro atoms. The van der Waals surface area contributed by atoms with Crippen molar-refractivity contribution in [3.05, 3.63) is 33.8 Å². The van der Waals surface area contributed by atoms with Crippen molar-refractivity contribution in [3.63, 3.8) is 0 Å². The predicted octanol–water partition coefficient (Wildman–Crippen LogP) is 4.05. The second kappa shape index (κ2) is 6.20. The highest BCUT2D eigenvalue weighted by Crippen LogP contribution is 2.31. The molecule has 1 N–H and O–H groups in total. The fourth-order valence-corrected chi connectivity index (χ4v) is 3.56. The van der Waals surface area contributed by atoms with Gasteiger partial charge in [-0.1, -0.05) is 34.0 Å². The van der Waals surface area contributed by atoms with E-state index in [-0.39, 0.29) is 5.91 Å². The Bertz CT molecular complexity index is 447. The number of nitrogens with one attached hydrogen (secondary N) is 1. The number of alkyl halides is 1. The first-order valence-corrected chi connectivity index (χ1v) is 7.97. The van der Waals surface area contributed by atoms with Gasteiger partial charge in [0.1, 0.15) is 0 Å². The number of aryl methyl sites for hydroxylation is 1. The number of hydrogen-bond donors (Lipinski definition) is 1. The van der Waals surface area contributed by atoms with Crippen molar-refractivity contribution < 1.29 is 4.79 Å². The Kier molecular flexibility index (Phi) is 4.84. The molecule has 1 fully saturated rings. The number of carbonyl (C=O) groups excluding carboxylic acids is 1. The molecule has 0 aliphatic heterocycles. The molecule has 0 saturated heterocycles. The number of hydrogen-bond acceptors (Lipinski definition) is 1. The van der Waals surface area contributed by atoms with Crippen LogP contribution in [0.25, 0.3) is 0 Å². The van der Waals surface area contributed by atoms with Crippen LogP contribution in [0.1, 0.15) is 35.2 Å². The van der Waals surface area contributed by atoms with E-state index in [4.69, 9.17) is 0 Å². The maximum atomic E-state index is 12.1. The van der Waals surface area contributed by atoms with Crippen molar-refractivity contribution in [3.8, 4) is 0 Å². The Morgan fingerprint density at radius 3 is 2.89 bits per heavy atom. The largest absolute Gasteiger partial charge is 0.352 e. The molecule has 0 radical (unpaired) electrons. The summed E-state index contributed by atoms with van der Waals surface area (Å²) in [6.45, 7) is 2.75. The SMILES string of the molecule is Cc1ccc(Br)c(C(=O)NCC2CCCC2Br)c1. The summed E-state index contributed by atoms with van der Waals surface area (Å²) in [5.41, 5.74) is 1.82. The molecule has 1 saturated carbocycles. The Hall–Kier alpha value is -0.350. The van der Waals surface area contributed by atoms with Crippen LogP contribution in [-0.4, -0.2) is 17.3 Å². The third kappa shape index (κ3) is 3.35. The lowest BCUT2D eigenvalue weighted by atomic mass is 10.1. The number of amides is 1. The van der Waals surface area contributed by atoms with Gasteiger partial charge in [-0.3, -0.25) is 4.79 Å². The number of halogens is 2. The highest BCUT2D eigenvalue weighted by atomic mass is 79.9. The van der Waals surface area contributed by atoms with E-state index in [0.29, 0.717) is 10.7 Å². The van der Waals surface area contributed by atoms with Crippen molar-refractivity contribution in [1.29, 1.82) is 0 Å². The van der Waals surface area contributed by atoms with Gasteiger partial charge in [0.15, 0.2) is 0 Å². The highest BCUT2D eigenvalue weighted by Gasteiger charge is 2.25. The molecule has 2 rings (SSSR count). The van der Waals surface area contributed by atoms with E-state index in [2.05, 4.69) is 37.2 Å². The minimum atomic E-state index is 0.0113. The van der Waals surface area contributed by atoms with Gasteiger partial charge in [-0.25, -0.2) is 0 Å². The van der Waals surface area contributed by atoms with E-state index in [1.54, 1.807) is 0 Å². The van der Waals surface area contributed by atoms with Crippen LogP contribution in [0.3, 0.4) is 0 Å². The molecule has 1 aliphatic rings. The number of carbonyl (C=O) groups is 1. The summed E-state index contributed by atoms with van der Waals surface area (Å²) >= 11 is 7.10. The van der Waals surface area contributed by atoms with Gasteiger partial charge >= 0.3 is 0 Å². The smallest absolute Gasteiger partial charge is 0.252 e. The Labute approximate surface area is 125 Å². The molecule has 18 heavy (non-hydrogen) atoms. The van der Waals surface area contributed by atoms with Gasteiger partial charge in [-0.15, -0.1) is 0 Å². The standard InChI is InChI=1S/C14H17Br2NO/c1-9-5-6-13(16)11(7-9)14(18)17-8-10-3-2-4-12(10)15/h5-7,10,12H,2-4,8H2,1H3,(H,17,18). The van der Waals surface area contributed by atoms with Crippen LogP contribution in [0, 0.1) is 12.8 Å². The Morgan fingerprint density at radius 1 is 1.44 bits per heavy atom. The first-order valence-electron chi connectivity index (χ1n) is 6.26. The molecule has 4 heteroatoms. The van der Waals surface area contributed by atoms with Crippen molar-refractivity contribution in [1.82, 2.24) is 5.32 Å². The van der Waals surface area contributed by atoms with E-state index in [9.17, 15) is 4.79 Å². The second-order valence-electron chi connectivity index (χ2n) is 4.90. The van der Waals surface area contributed by atoms with Crippen molar-refractivity contribution >= 4 is 37.8 Å². The molecule has 0 aromatic heterocycles. The van der Waals surface area contributed by atoms with Gasteiger partial charge in [-0.2, -0.15) is 0 Å². The van der Waals surface area contributed by atoms with Gasteiger partial charge in [0.2, 0.25) is 0 Å². The van der Waals surface area contributed by atoms with E-state index in [1.165, 1.54) is 19.3 Å². The van der Waals surface area contributed by atoms with Crippen molar-refractivity contribution in [2.75, 3.05) is 6.54 Å². The average Bonchev–Trinajstić information content (AvgIpc) is 2.75. The van der Waals surface area contributed by atoms with E-state index in [0.717, 1.165) is 22.1 Å². The first kappa shape index (κ1) is 14.1. The summed E-state index contributed by atoms with van der Waals surface area (Å²) in [6.07, 6.45) is 3.67. The first-order chi connectivity index (χ1) is 8.58. The molecular formula is C14H17Br2NO. The lowest BCUT2D eigenvalue weighted by molar-refractivity contribution is 0.0947. The highest BCUT2D eigenvalue weighted by molar-refractivity contribution is 9.10. The zero-order chi connectivity index (χ0) is 13.1. The van der Waals surface area contributed by atoms with Crippen LogP contribution >= 0.6 is 31.9 Å². The third-order valence-electron chi connectivity index (χ3n) is 3.46. The van der Waals surface area contributed by atoms with E-state index >= 15 is 0 Å². The van der Waals surface area contributed by atoms with Crippen molar-refractivity contribution in [2.24, 2.45) is 5.92 Å². The third-order valence-corrected chi connectivity index (χ3v) is 5.35. The molecule has 1 aromatic carbocycles. The Balaban J connectivity index is 1.97. The lowest BCUT2D eigenvalue weighted by Gasteiger charge is -2.15. The Morgan fingerprint density at radius 2 is 2.22 bits per heavy atom. The predicted molar refractivity (Wildman–Crippen MR) is 81.3 cm³/mol. The summed E-state index contributed by atoms with van der Waals surface area (Å²) in [7, 11) is 0. The maximum absolute atomic E-state index is 12.1. The van der Waals surface area contributed by atoms with Crippen LogP contribution in [0.15, 0.2) is 22.7 Å². The zero-order valence-electron chi connectivity index (χ0n) is 10.4. The zero-order valence-corrected chi connectivity index (χ0v) is 13.6. The van der Waals surface area contributed by atoms with Gasteiger partial charge in [-0.05, 0) is 53.7 Å². The molecule has 98 valence electrons. The van der Waals surface area contributed by atoms with Crippen LogP contribution in [0.5, 0.6) is 0 Å². The van der Waals surface area contributed by atoms with Gasteiger partial charge < -0.3 is 5.32 Å². The van der Waals surface area contributed by atoms with Crippen LogP contribution < -0.4 is 5.32 Å². The second-order valence-corrected chi connectivity index (χ2v) is 6.93. The summed E-state index contributed by atoms with van der Waals surface area (Å²) in [6, 6.07) is 5.83. The summed E-state index contributed by atoms with van der Waals surface area (Å²) in [5.74, 6) is 0.578. The minimum Gasteiger partial charge on any atom is -0.352 e. The van der Waals surface area contributed by atoms with E-state index in [1.807, 2.05) is 25.1 Å². The molecule has 1 amide bonds. The molecule has 1 aromatic rings. The summed E-state index contributed by atoms with van der Waals surface area (Å²) < 4.78 is 0.854. The topological polar surface area (TPSA) is 29.1 Å². The fraction of sp³-hybridized carbons (Fsp3) is 0.500. The molecule has 0 heterocycles. The van der Waals surface area contributed by atoms with Crippen LogP contribution in [0.2, 0.25) is 0 Å². The van der Waals surface area contributed by atoms with Crippen LogP contribution in [-0.2, 0) is 0 Å². The molecule has 2 unspecified atom stereocenters. The molecule has 1 aliphatic carbocycles. The lowest BCUT2D eigenvalue weighted by Crippen LogP contribution is -2.31. The van der Waals surface area contributed by atoms with E-state index < -0.39 is 0 Å². The van der Waals surface area contributed by atoms with Crippen LogP contribution in [0.4, 0.5) is 0 Å². The number of rotatable bonds is 3. The average molecular weight is 375 g/mol. The quantitative estimate of drug-likeness (QED) is 0.794. The molecule has 0 bridgehead atoms. The molecular weight excluding hydrogens is 358 g/mol. The van der Waals surface area contributed by atoms with Crippen molar-refractivity contribution in [2.45, 2.75) is 31.0 Å². The molecule has 2 nitrogen and oxygen atoms in total. The van der Waals surface area contributed by atoms with Gasteiger partial charge in [0.25, 0.3) is 5.91 Å². The maximum Gasteiger partial charge on any atom is 0.252 e. The molecule has 2 atom stereocenters. The van der Waals surface area contributed by atoms with Gasteiger partial charge in [0.05, 0.1) is 5.56 Å². The monoisotopic (exact) mass is 373 g/mol. The fourth-order valence-electron chi connectivity index (χ4n) is 2.35. The summed E-state index contributed by atoms with van der Waals surface area (Å²) in [4.78, 5) is 12.7. The summed E-state index contributed by atoms with van der Waals surface area (Å²) in [5, 5.41) is 3.04.